The maximum absolute atomic E-state index is 11.6. The Hall–Kier alpha value is -0.650. The minimum absolute atomic E-state index is 0.219. The predicted octanol–water partition coefficient (Wildman–Crippen LogP) is -0.310. The lowest BCUT2D eigenvalue weighted by Gasteiger charge is -2.24. The Morgan fingerprint density at radius 3 is 2.71 bits per heavy atom. The molecule has 98 valence electrons. The predicted molar refractivity (Wildman–Crippen MR) is 63.7 cm³/mol. The van der Waals surface area contributed by atoms with Crippen LogP contribution in [0.5, 0.6) is 0 Å². The van der Waals surface area contributed by atoms with E-state index in [0.29, 0.717) is 13.0 Å². The molecule has 1 N–H and O–H groups in total. The van der Waals surface area contributed by atoms with Crippen LogP contribution < -0.4 is 0 Å². The smallest absolute Gasteiger partial charge is 0.323 e. The van der Waals surface area contributed by atoms with Crippen LogP contribution in [0.3, 0.4) is 0 Å². The third kappa shape index (κ3) is 3.18. The molecule has 2 rings (SSSR count). The number of nitrogens with zero attached hydrogens (tertiary/aromatic N) is 2. The molecule has 2 aliphatic heterocycles. The Balaban J connectivity index is 1.82. The SMILES string of the molecule is COC(=O)C1CC(O)CN1CCN1CCCC1. The zero-order valence-electron chi connectivity index (χ0n) is 10.5. The van der Waals surface area contributed by atoms with Gasteiger partial charge in [-0.15, -0.1) is 0 Å². The number of rotatable bonds is 4. The fourth-order valence-corrected chi connectivity index (χ4v) is 2.78. The molecular formula is C12H22N2O3. The molecule has 0 saturated carbocycles. The lowest BCUT2D eigenvalue weighted by Crippen LogP contribution is -2.41. The molecule has 0 aromatic carbocycles. The van der Waals surface area contributed by atoms with Crippen LogP contribution in [0.1, 0.15) is 19.3 Å². The number of esters is 1. The Labute approximate surface area is 102 Å². The largest absolute Gasteiger partial charge is 0.468 e. The molecule has 2 heterocycles. The standard InChI is InChI=1S/C12H22N2O3/c1-17-12(16)11-8-10(15)9-14(11)7-6-13-4-2-3-5-13/h10-11,15H,2-9H2,1H3. The second-order valence-electron chi connectivity index (χ2n) is 4.97. The highest BCUT2D eigenvalue weighted by molar-refractivity contribution is 5.76. The minimum atomic E-state index is -0.391. The van der Waals surface area contributed by atoms with Gasteiger partial charge in [0, 0.05) is 26.1 Å². The molecule has 0 spiro atoms. The number of ether oxygens (including phenoxy) is 1. The zero-order chi connectivity index (χ0) is 12.3. The van der Waals surface area contributed by atoms with Crippen LogP contribution in [0.2, 0.25) is 0 Å². The number of aliphatic hydroxyl groups is 1. The number of methoxy groups -OCH3 is 1. The molecule has 0 bridgehead atoms. The molecular weight excluding hydrogens is 220 g/mol. The van der Waals surface area contributed by atoms with Crippen LogP contribution in [0, 0.1) is 0 Å². The molecule has 2 atom stereocenters. The molecule has 0 aliphatic carbocycles. The molecule has 17 heavy (non-hydrogen) atoms. The van der Waals surface area contributed by atoms with Gasteiger partial charge in [0.15, 0.2) is 0 Å². The van der Waals surface area contributed by atoms with E-state index >= 15 is 0 Å². The van der Waals surface area contributed by atoms with Crippen molar-refractivity contribution in [1.82, 2.24) is 9.80 Å². The quantitative estimate of drug-likeness (QED) is 0.685. The molecule has 2 aliphatic rings. The molecule has 2 unspecified atom stereocenters. The molecule has 2 saturated heterocycles. The maximum Gasteiger partial charge on any atom is 0.323 e. The van der Waals surface area contributed by atoms with E-state index in [1.54, 1.807) is 0 Å². The van der Waals surface area contributed by atoms with Crippen LogP contribution in [-0.2, 0) is 9.53 Å². The fraction of sp³-hybridized carbons (Fsp3) is 0.917. The fourth-order valence-electron chi connectivity index (χ4n) is 2.78. The van der Waals surface area contributed by atoms with Crippen LogP contribution in [0.25, 0.3) is 0 Å². The van der Waals surface area contributed by atoms with E-state index in [-0.39, 0.29) is 12.0 Å². The summed E-state index contributed by atoms with van der Waals surface area (Å²) in [7, 11) is 1.41. The van der Waals surface area contributed by atoms with Crippen molar-refractivity contribution in [3.05, 3.63) is 0 Å². The normalized spacial score (nSPS) is 30.9. The topological polar surface area (TPSA) is 53.0 Å². The van der Waals surface area contributed by atoms with Gasteiger partial charge in [0.05, 0.1) is 13.2 Å². The summed E-state index contributed by atoms with van der Waals surface area (Å²) < 4.78 is 4.78. The number of hydrogen-bond donors (Lipinski definition) is 1. The van der Waals surface area contributed by atoms with Crippen LogP contribution in [0.15, 0.2) is 0 Å². The van der Waals surface area contributed by atoms with Crippen molar-refractivity contribution in [2.24, 2.45) is 0 Å². The summed E-state index contributed by atoms with van der Waals surface area (Å²) in [6.45, 7) is 4.75. The van der Waals surface area contributed by atoms with Crippen molar-refractivity contribution in [2.45, 2.75) is 31.4 Å². The van der Waals surface area contributed by atoms with Gasteiger partial charge in [-0.1, -0.05) is 0 Å². The van der Waals surface area contributed by atoms with Gasteiger partial charge >= 0.3 is 5.97 Å². The van der Waals surface area contributed by atoms with E-state index in [1.807, 2.05) is 0 Å². The van der Waals surface area contributed by atoms with Crippen molar-refractivity contribution < 1.29 is 14.6 Å². The first-order valence-electron chi connectivity index (χ1n) is 6.43. The zero-order valence-corrected chi connectivity index (χ0v) is 10.5. The summed E-state index contributed by atoms with van der Waals surface area (Å²) in [4.78, 5) is 16.0. The average Bonchev–Trinajstić information content (AvgIpc) is 2.94. The minimum Gasteiger partial charge on any atom is -0.468 e. The first kappa shape index (κ1) is 12.8. The van der Waals surface area contributed by atoms with Crippen molar-refractivity contribution in [2.75, 3.05) is 39.8 Å². The van der Waals surface area contributed by atoms with Gasteiger partial charge in [0.1, 0.15) is 6.04 Å². The second kappa shape index (κ2) is 5.80. The van der Waals surface area contributed by atoms with Crippen LogP contribution in [-0.4, -0.2) is 72.9 Å². The summed E-state index contributed by atoms with van der Waals surface area (Å²) >= 11 is 0. The van der Waals surface area contributed by atoms with E-state index in [2.05, 4.69) is 9.80 Å². The average molecular weight is 242 g/mol. The number of aliphatic hydroxyl groups excluding tert-OH is 1. The first-order valence-corrected chi connectivity index (χ1v) is 6.43. The molecule has 5 heteroatoms. The van der Waals surface area contributed by atoms with Gasteiger partial charge in [0.2, 0.25) is 0 Å². The molecule has 0 radical (unpaired) electrons. The third-order valence-electron chi connectivity index (χ3n) is 3.76. The lowest BCUT2D eigenvalue weighted by molar-refractivity contribution is -0.145. The van der Waals surface area contributed by atoms with Crippen molar-refractivity contribution in [3.8, 4) is 0 Å². The van der Waals surface area contributed by atoms with Crippen LogP contribution in [0.4, 0.5) is 0 Å². The monoisotopic (exact) mass is 242 g/mol. The maximum atomic E-state index is 11.6. The van der Waals surface area contributed by atoms with Crippen molar-refractivity contribution >= 4 is 5.97 Å². The summed E-state index contributed by atoms with van der Waals surface area (Å²) in [6, 6.07) is -0.252. The number of carbonyl (C=O) groups is 1. The highest BCUT2D eigenvalue weighted by Crippen LogP contribution is 2.19. The van der Waals surface area contributed by atoms with Gasteiger partial charge < -0.3 is 14.7 Å². The molecule has 0 amide bonds. The van der Waals surface area contributed by atoms with E-state index in [1.165, 1.54) is 33.0 Å². The van der Waals surface area contributed by atoms with E-state index in [4.69, 9.17) is 4.74 Å². The van der Waals surface area contributed by atoms with Gasteiger partial charge in [-0.25, -0.2) is 0 Å². The van der Waals surface area contributed by atoms with Gasteiger partial charge in [-0.05, 0) is 25.9 Å². The van der Waals surface area contributed by atoms with Gasteiger partial charge in [0.25, 0.3) is 0 Å². The molecule has 5 nitrogen and oxygen atoms in total. The number of β-amino-alcohol motifs (C(OH)–C–C–N with tert-alkyl or cyclic N) is 1. The Morgan fingerprint density at radius 2 is 2.06 bits per heavy atom. The Kier molecular flexibility index (Phi) is 4.36. The third-order valence-corrected chi connectivity index (χ3v) is 3.76. The molecule has 2 fully saturated rings. The number of likely N-dealkylation sites (tertiary alicyclic amines) is 2. The number of carbonyl (C=O) groups excluding carboxylic acids is 1. The lowest BCUT2D eigenvalue weighted by atomic mass is 10.2. The summed E-state index contributed by atoms with van der Waals surface area (Å²) in [6.07, 6.45) is 2.68. The summed E-state index contributed by atoms with van der Waals surface area (Å²) in [5.41, 5.74) is 0. The Morgan fingerprint density at radius 1 is 1.35 bits per heavy atom. The highest BCUT2D eigenvalue weighted by Gasteiger charge is 2.36. The van der Waals surface area contributed by atoms with Crippen molar-refractivity contribution in [1.29, 1.82) is 0 Å². The van der Waals surface area contributed by atoms with Crippen LogP contribution >= 0.6 is 0 Å². The van der Waals surface area contributed by atoms with E-state index in [0.717, 1.165) is 13.1 Å². The second-order valence-corrected chi connectivity index (χ2v) is 4.97. The van der Waals surface area contributed by atoms with Gasteiger partial charge in [-0.2, -0.15) is 0 Å². The Bertz CT molecular complexity index is 266. The van der Waals surface area contributed by atoms with Gasteiger partial charge in [-0.3, -0.25) is 9.69 Å². The first-order chi connectivity index (χ1) is 8.20. The molecule has 0 aromatic rings. The van der Waals surface area contributed by atoms with E-state index < -0.39 is 6.10 Å². The summed E-state index contributed by atoms with van der Waals surface area (Å²) in [5, 5.41) is 9.64. The van der Waals surface area contributed by atoms with E-state index in [9.17, 15) is 9.90 Å². The number of hydrogen-bond acceptors (Lipinski definition) is 5. The summed E-state index contributed by atoms with van der Waals surface area (Å²) in [5.74, 6) is -0.219. The van der Waals surface area contributed by atoms with Crippen molar-refractivity contribution in [3.63, 3.8) is 0 Å². The molecule has 0 aromatic heterocycles. The highest BCUT2D eigenvalue weighted by atomic mass is 16.5.